The SMILES string of the molecule is CCCCCCCCn1nc(C)c(C(C)Cl)c1C. The molecule has 0 spiro atoms. The zero-order valence-electron chi connectivity index (χ0n) is 12.3. The summed E-state index contributed by atoms with van der Waals surface area (Å²) in [6.45, 7) is 9.49. The normalized spacial score (nSPS) is 12.9. The van der Waals surface area contributed by atoms with E-state index < -0.39 is 0 Å². The lowest BCUT2D eigenvalue weighted by Crippen LogP contribution is -2.03. The van der Waals surface area contributed by atoms with Gasteiger partial charge in [-0.15, -0.1) is 11.6 Å². The molecule has 1 aromatic heterocycles. The van der Waals surface area contributed by atoms with Crippen molar-refractivity contribution in [2.75, 3.05) is 0 Å². The Morgan fingerprint density at radius 1 is 1.11 bits per heavy atom. The van der Waals surface area contributed by atoms with Crippen molar-refractivity contribution >= 4 is 11.6 Å². The molecule has 0 aromatic carbocycles. The van der Waals surface area contributed by atoms with Gasteiger partial charge in [0.2, 0.25) is 0 Å². The highest BCUT2D eigenvalue weighted by Gasteiger charge is 2.15. The third-order valence-corrected chi connectivity index (χ3v) is 3.78. The molecule has 1 atom stereocenters. The van der Waals surface area contributed by atoms with Gasteiger partial charge in [0.15, 0.2) is 0 Å². The number of aryl methyl sites for hydroxylation is 2. The van der Waals surface area contributed by atoms with Crippen molar-refractivity contribution in [2.24, 2.45) is 0 Å². The van der Waals surface area contributed by atoms with Crippen LogP contribution in [0.4, 0.5) is 0 Å². The molecule has 18 heavy (non-hydrogen) atoms. The zero-order chi connectivity index (χ0) is 13.5. The van der Waals surface area contributed by atoms with Gasteiger partial charge in [0.05, 0.1) is 11.1 Å². The number of rotatable bonds is 8. The summed E-state index contributed by atoms with van der Waals surface area (Å²) in [6, 6.07) is 0. The van der Waals surface area contributed by atoms with Gasteiger partial charge in [-0.25, -0.2) is 0 Å². The van der Waals surface area contributed by atoms with E-state index in [-0.39, 0.29) is 5.38 Å². The Bertz CT molecular complexity index is 356. The van der Waals surface area contributed by atoms with E-state index in [4.69, 9.17) is 11.6 Å². The van der Waals surface area contributed by atoms with Crippen LogP contribution in [0.1, 0.15) is 74.7 Å². The Labute approximate surface area is 117 Å². The second-order valence-electron chi connectivity index (χ2n) is 5.19. The van der Waals surface area contributed by atoms with Crippen LogP contribution in [0.2, 0.25) is 0 Å². The van der Waals surface area contributed by atoms with Gasteiger partial charge in [0, 0.05) is 17.8 Å². The Hall–Kier alpha value is -0.500. The molecule has 0 fully saturated rings. The second kappa shape index (κ2) is 7.83. The van der Waals surface area contributed by atoms with Crippen LogP contribution in [0.25, 0.3) is 0 Å². The van der Waals surface area contributed by atoms with Gasteiger partial charge in [0.25, 0.3) is 0 Å². The van der Waals surface area contributed by atoms with Crippen molar-refractivity contribution in [1.82, 2.24) is 9.78 Å². The second-order valence-corrected chi connectivity index (χ2v) is 5.85. The minimum atomic E-state index is 0.0586. The number of nitrogens with zero attached hydrogens (tertiary/aromatic N) is 2. The van der Waals surface area contributed by atoms with Gasteiger partial charge in [0.1, 0.15) is 0 Å². The summed E-state index contributed by atoms with van der Waals surface area (Å²) >= 11 is 6.19. The highest BCUT2D eigenvalue weighted by molar-refractivity contribution is 6.20. The van der Waals surface area contributed by atoms with Gasteiger partial charge >= 0.3 is 0 Å². The number of hydrogen-bond acceptors (Lipinski definition) is 1. The number of unbranched alkanes of at least 4 members (excludes halogenated alkanes) is 5. The summed E-state index contributed by atoms with van der Waals surface area (Å²) in [5, 5.41) is 4.66. The highest BCUT2D eigenvalue weighted by atomic mass is 35.5. The Morgan fingerprint density at radius 2 is 1.72 bits per heavy atom. The fourth-order valence-electron chi connectivity index (χ4n) is 2.55. The van der Waals surface area contributed by atoms with E-state index in [1.165, 1.54) is 49.8 Å². The summed E-state index contributed by atoms with van der Waals surface area (Å²) in [5.74, 6) is 0. The lowest BCUT2D eigenvalue weighted by Gasteiger charge is -2.06. The van der Waals surface area contributed by atoms with Crippen molar-refractivity contribution in [3.63, 3.8) is 0 Å². The molecule has 0 bridgehead atoms. The van der Waals surface area contributed by atoms with Gasteiger partial charge < -0.3 is 0 Å². The highest BCUT2D eigenvalue weighted by Crippen LogP contribution is 2.26. The molecule has 0 aliphatic rings. The van der Waals surface area contributed by atoms with Crippen molar-refractivity contribution < 1.29 is 0 Å². The zero-order valence-corrected chi connectivity index (χ0v) is 13.1. The van der Waals surface area contributed by atoms with Gasteiger partial charge in [-0.2, -0.15) is 5.10 Å². The molecule has 1 unspecified atom stereocenters. The predicted octanol–water partition coefficient (Wildman–Crippen LogP) is 5.16. The molecule has 0 amide bonds. The Morgan fingerprint density at radius 3 is 2.28 bits per heavy atom. The van der Waals surface area contributed by atoms with Crippen LogP contribution in [-0.2, 0) is 6.54 Å². The molecule has 0 aliphatic heterocycles. The third kappa shape index (κ3) is 4.31. The molecule has 1 aromatic rings. The topological polar surface area (TPSA) is 17.8 Å². The van der Waals surface area contributed by atoms with Crippen LogP contribution in [0, 0.1) is 13.8 Å². The van der Waals surface area contributed by atoms with Crippen LogP contribution in [0.3, 0.4) is 0 Å². The van der Waals surface area contributed by atoms with Crippen molar-refractivity contribution in [3.05, 3.63) is 17.0 Å². The molecule has 0 saturated carbocycles. The van der Waals surface area contributed by atoms with Gasteiger partial charge in [-0.3, -0.25) is 4.68 Å². The summed E-state index contributed by atoms with van der Waals surface area (Å²) < 4.78 is 2.13. The van der Waals surface area contributed by atoms with E-state index in [0.717, 1.165) is 12.2 Å². The summed E-state index contributed by atoms with van der Waals surface area (Å²) in [4.78, 5) is 0. The first-order valence-corrected chi connectivity index (χ1v) is 7.69. The molecule has 1 heterocycles. The lowest BCUT2D eigenvalue weighted by atomic mass is 10.1. The average Bonchev–Trinajstić information content (AvgIpc) is 2.59. The molecule has 3 heteroatoms. The minimum absolute atomic E-state index is 0.0586. The molecule has 2 nitrogen and oxygen atoms in total. The van der Waals surface area contributed by atoms with E-state index in [1.807, 2.05) is 6.92 Å². The standard InChI is InChI=1S/C15H27ClN2/c1-5-6-7-8-9-10-11-18-14(4)15(12(2)16)13(3)17-18/h12H,5-11H2,1-4H3. The van der Waals surface area contributed by atoms with Crippen molar-refractivity contribution in [3.8, 4) is 0 Å². The molecular weight excluding hydrogens is 244 g/mol. The van der Waals surface area contributed by atoms with Crippen LogP contribution in [0.15, 0.2) is 0 Å². The first-order valence-electron chi connectivity index (χ1n) is 7.25. The van der Waals surface area contributed by atoms with E-state index in [2.05, 4.69) is 30.6 Å². The number of halogens is 1. The van der Waals surface area contributed by atoms with E-state index in [9.17, 15) is 0 Å². The quantitative estimate of drug-likeness (QED) is 0.471. The minimum Gasteiger partial charge on any atom is -0.269 e. The summed E-state index contributed by atoms with van der Waals surface area (Å²) in [7, 11) is 0. The maximum absolute atomic E-state index is 6.19. The molecule has 0 aliphatic carbocycles. The number of hydrogen-bond donors (Lipinski definition) is 0. The van der Waals surface area contributed by atoms with Crippen molar-refractivity contribution in [1.29, 1.82) is 0 Å². The number of aromatic nitrogens is 2. The average molecular weight is 271 g/mol. The van der Waals surface area contributed by atoms with E-state index >= 15 is 0 Å². The summed E-state index contributed by atoms with van der Waals surface area (Å²) in [6.07, 6.45) is 7.94. The first kappa shape index (κ1) is 15.6. The Kier molecular flexibility index (Phi) is 6.77. The van der Waals surface area contributed by atoms with Gasteiger partial charge in [-0.1, -0.05) is 39.0 Å². The van der Waals surface area contributed by atoms with E-state index in [1.54, 1.807) is 0 Å². The van der Waals surface area contributed by atoms with Crippen molar-refractivity contribution in [2.45, 2.75) is 78.1 Å². The smallest absolute Gasteiger partial charge is 0.0643 e. The van der Waals surface area contributed by atoms with Crippen LogP contribution >= 0.6 is 11.6 Å². The molecule has 1 rings (SSSR count). The molecule has 0 saturated heterocycles. The van der Waals surface area contributed by atoms with Crippen LogP contribution < -0.4 is 0 Å². The molecule has 0 N–H and O–H groups in total. The fraction of sp³-hybridized carbons (Fsp3) is 0.800. The molecule has 104 valence electrons. The monoisotopic (exact) mass is 270 g/mol. The van der Waals surface area contributed by atoms with E-state index in [0.29, 0.717) is 0 Å². The van der Waals surface area contributed by atoms with Crippen LogP contribution in [0.5, 0.6) is 0 Å². The molecular formula is C15H27ClN2. The maximum atomic E-state index is 6.19. The predicted molar refractivity (Wildman–Crippen MR) is 79.3 cm³/mol. The summed E-state index contributed by atoms with van der Waals surface area (Å²) in [5.41, 5.74) is 3.53. The largest absolute Gasteiger partial charge is 0.269 e. The first-order chi connectivity index (χ1) is 8.57. The fourth-order valence-corrected chi connectivity index (χ4v) is 2.86. The maximum Gasteiger partial charge on any atom is 0.0643 e. The molecule has 0 radical (unpaired) electrons. The number of alkyl halides is 1. The van der Waals surface area contributed by atoms with Crippen LogP contribution in [-0.4, -0.2) is 9.78 Å². The third-order valence-electron chi connectivity index (χ3n) is 3.56. The van der Waals surface area contributed by atoms with Gasteiger partial charge in [-0.05, 0) is 27.2 Å². The lowest BCUT2D eigenvalue weighted by molar-refractivity contribution is 0.517. The Balaban J connectivity index is 2.41.